The van der Waals surface area contributed by atoms with Crippen molar-refractivity contribution in [1.82, 2.24) is 10.2 Å². The summed E-state index contributed by atoms with van der Waals surface area (Å²) < 4.78 is 5.58. The van der Waals surface area contributed by atoms with Crippen LogP contribution in [0.2, 0.25) is 0 Å². The van der Waals surface area contributed by atoms with E-state index in [0.29, 0.717) is 13.0 Å². The fourth-order valence-electron chi connectivity index (χ4n) is 5.82. The third kappa shape index (κ3) is 23.3. The molecular formula is C34H68N2O2. The smallest absolute Gasteiger partial charge is 0.305 e. The van der Waals surface area contributed by atoms with Gasteiger partial charge in [-0.15, -0.1) is 0 Å². The van der Waals surface area contributed by atoms with E-state index in [1.807, 2.05) is 0 Å². The molecule has 1 fully saturated rings. The van der Waals surface area contributed by atoms with Gasteiger partial charge >= 0.3 is 5.97 Å². The maximum absolute atomic E-state index is 12.1. The van der Waals surface area contributed by atoms with Crippen LogP contribution in [0.15, 0.2) is 0 Å². The number of esters is 1. The Bertz CT molecular complexity index is 493. The maximum Gasteiger partial charge on any atom is 0.305 e. The number of nitrogens with one attached hydrogen (secondary N) is 1. The molecule has 0 saturated carbocycles. The highest BCUT2D eigenvalue weighted by molar-refractivity contribution is 5.69. The molecule has 1 aliphatic rings. The van der Waals surface area contributed by atoms with Crippen LogP contribution >= 0.6 is 0 Å². The molecule has 4 heteroatoms. The van der Waals surface area contributed by atoms with Gasteiger partial charge in [0.25, 0.3) is 0 Å². The zero-order valence-corrected chi connectivity index (χ0v) is 26.1. The van der Waals surface area contributed by atoms with Crippen LogP contribution in [0.3, 0.4) is 0 Å². The number of piperidine rings is 1. The molecule has 0 atom stereocenters. The Labute approximate surface area is 238 Å². The van der Waals surface area contributed by atoms with Crippen molar-refractivity contribution >= 4 is 5.97 Å². The molecule has 1 saturated heterocycles. The van der Waals surface area contributed by atoms with Crippen molar-refractivity contribution in [3.8, 4) is 0 Å². The average Bonchev–Trinajstić information content (AvgIpc) is 2.94. The zero-order valence-electron chi connectivity index (χ0n) is 26.1. The zero-order chi connectivity index (χ0) is 27.4. The van der Waals surface area contributed by atoms with Gasteiger partial charge in [0.15, 0.2) is 0 Å². The molecule has 38 heavy (non-hydrogen) atoms. The molecule has 0 bridgehead atoms. The van der Waals surface area contributed by atoms with Crippen LogP contribution in [0, 0.1) is 5.92 Å². The first-order valence-electron chi connectivity index (χ1n) is 17.3. The number of carbonyl (C=O) groups is 1. The SMILES string of the molecule is CCCCCCCCCCCCCCN(CCCOC(=O)CCCCCCCCC)CCC1CCNCC1. The van der Waals surface area contributed by atoms with Gasteiger partial charge in [0.2, 0.25) is 0 Å². The Morgan fingerprint density at radius 3 is 1.66 bits per heavy atom. The Balaban J connectivity index is 2.11. The fourth-order valence-corrected chi connectivity index (χ4v) is 5.82. The number of hydrogen-bond acceptors (Lipinski definition) is 4. The summed E-state index contributed by atoms with van der Waals surface area (Å²) >= 11 is 0. The predicted molar refractivity (Wildman–Crippen MR) is 166 cm³/mol. The van der Waals surface area contributed by atoms with E-state index in [2.05, 4.69) is 24.1 Å². The lowest BCUT2D eigenvalue weighted by atomic mass is 9.94. The summed E-state index contributed by atoms with van der Waals surface area (Å²) in [7, 11) is 0. The number of nitrogens with zero attached hydrogens (tertiary/aromatic N) is 1. The highest BCUT2D eigenvalue weighted by atomic mass is 16.5. The van der Waals surface area contributed by atoms with Gasteiger partial charge in [-0.05, 0) is 70.6 Å². The summed E-state index contributed by atoms with van der Waals surface area (Å²) in [5, 5.41) is 3.50. The summed E-state index contributed by atoms with van der Waals surface area (Å²) in [5.74, 6) is 0.904. The molecule has 1 aliphatic heterocycles. The largest absolute Gasteiger partial charge is 0.466 e. The second-order valence-electron chi connectivity index (χ2n) is 12.2. The highest BCUT2D eigenvalue weighted by Crippen LogP contribution is 2.17. The molecule has 226 valence electrons. The molecule has 0 aliphatic carbocycles. The molecular weight excluding hydrogens is 468 g/mol. The van der Waals surface area contributed by atoms with Gasteiger partial charge in [0.05, 0.1) is 6.61 Å². The van der Waals surface area contributed by atoms with Gasteiger partial charge < -0.3 is 15.0 Å². The van der Waals surface area contributed by atoms with Crippen molar-refractivity contribution in [3.63, 3.8) is 0 Å². The molecule has 1 heterocycles. The lowest BCUT2D eigenvalue weighted by Crippen LogP contribution is -2.33. The van der Waals surface area contributed by atoms with Crippen LogP contribution in [0.4, 0.5) is 0 Å². The summed E-state index contributed by atoms with van der Waals surface area (Å²) in [5.41, 5.74) is 0. The molecule has 0 radical (unpaired) electrons. The van der Waals surface area contributed by atoms with Crippen LogP contribution in [-0.2, 0) is 9.53 Å². The number of rotatable bonds is 28. The minimum absolute atomic E-state index is 0.0146. The summed E-state index contributed by atoms with van der Waals surface area (Å²) in [6.07, 6.45) is 31.2. The summed E-state index contributed by atoms with van der Waals surface area (Å²) in [6.45, 7) is 11.0. The first-order chi connectivity index (χ1) is 18.8. The van der Waals surface area contributed by atoms with E-state index in [1.165, 1.54) is 161 Å². The second-order valence-corrected chi connectivity index (χ2v) is 12.2. The Morgan fingerprint density at radius 1 is 0.632 bits per heavy atom. The lowest BCUT2D eigenvalue weighted by molar-refractivity contribution is -0.144. The molecule has 0 amide bonds. The van der Waals surface area contributed by atoms with Crippen molar-refractivity contribution < 1.29 is 9.53 Å². The highest BCUT2D eigenvalue weighted by Gasteiger charge is 2.15. The molecule has 0 aromatic carbocycles. The topological polar surface area (TPSA) is 41.6 Å². The number of carbonyl (C=O) groups excluding carboxylic acids is 1. The molecule has 0 aromatic heterocycles. The maximum atomic E-state index is 12.1. The van der Waals surface area contributed by atoms with E-state index in [1.54, 1.807) is 0 Å². The van der Waals surface area contributed by atoms with Crippen LogP contribution in [0.1, 0.15) is 168 Å². The van der Waals surface area contributed by atoms with Gasteiger partial charge in [-0.2, -0.15) is 0 Å². The number of unbranched alkanes of at least 4 members (excludes halogenated alkanes) is 17. The van der Waals surface area contributed by atoms with E-state index in [9.17, 15) is 4.79 Å². The van der Waals surface area contributed by atoms with Crippen LogP contribution < -0.4 is 5.32 Å². The number of ether oxygens (including phenoxy) is 1. The minimum atomic E-state index is 0.0146. The van der Waals surface area contributed by atoms with Gasteiger partial charge in [0.1, 0.15) is 0 Å². The first kappa shape index (κ1) is 35.4. The average molecular weight is 537 g/mol. The molecule has 0 unspecified atom stereocenters. The third-order valence-corrected chi connectivity index (χ3v) is 8.51. The Kier molecular flexibility index (Phi) is 26.0. The molecule has 1 N–H and O–H groups in total. The van der Waals surface area contributed by atoms with E-state index in [4.69, 9.17) is 4.74 Å². The van der Waals surface area contributed by atoms with Crippen molar-refractivity contribution in [2.75, 3.05) is 39.3 Å². The van der Waals surface area contributed by atoms with E-state index >= 15 is 0 Å². The Hall–Kier alpha value is -0.610. The van der Waals surface area contributed by atoms with Crippen molar-refractivity contribution in [3.05, 3.63) is 0 Å². The standard InChI is InChI=1S/C34H68N2O2/c1-3-5-7-9-11-12-13-14-15-17-19-21-29-36(31-26-33-24-27-35-28-25-33)30-22-32-38-34(37)23-20-18-16-10-8-6-4-2/h33,35H,3-32H2,1-2H3. The first-order valence-corrected chi connectivity index (χ1v) is 17.3. The van der Waals surface area contributed by atoms with Crippen molar-refractivity contribution in [2.45, 2.75) is 168 Å². The normalized spacial score (nSPS) is 14.4. The fraction of sp³-hybridized carbons (Fsp3) is 0.971. The molecule has 4 nitrogen and oxygen atoms in total. The van der Waals surface area contributed by atoms with E-state index < -0.39 is 0 Å². The van der Waals surface area contributed by atoms with Crippen LogP contribution in [0.5, 0.6) is 0 Å². The van der Waals surface area contributed by atoms with E-state index in [0.717, 1.165) is 25.3 Å². The molecule has 0 spiro atoms. The van der Waals surface area contributed by atoms with Crippen molar-refractivity contribution in [2.24, 2.45) is 5.92 Å². The summed E-state index contributed by atoms with van der Waals surface area (Å²) in [6, 6.07) is 0. The predicted octanol–water partition coefficient (Wildman–Crippen LogP) is 9.45. The van der Waals surface area contributed by atoms with Crippen LogP contribution in [-0.4, -0.2) is 50.2 Å². The van der Waals surface area contributed by atoms with E-state index in [-0.39, 0.29) is 5.97 Å². The third-order valence-electron chi connectivity index (χ3n) is 8.51. The van der Waals surface area contributed by atoms with Crippen molar-refractivity contribution in [1.29, 1.82) is 0 Å². The van der Waals surface area contributed by atoms with Crippen LogP contribution in [0.25, 0.3) is 0 Å². The van der Waals surface area contributed by atoms with Gasteiger partial charge in [0, 0.05) is 13.0 Å². The summed E-state index contributed by atoms with van der Waals surface area (Å²) in [4.78, 5) is 14.8. The van der Waals surface area contributed by atoms with Gasteiger partial charge in [-0.25, -0.2) is 0 Å². The lowest BCUT2D eigenvalue weighted by Gasteiger charge is -2.27. The van der Waals surface area contributed by atoms with Gasteiger partial charge in [-0.1, -0.05) is 123 Å². The minimum Gasteiger partial charge on any atom is -0.466 e. The number of hydrogen-bond donors (Lipinski definition) is 1. The monoisotopic (exact) mass is 537 g/mol. The molecule has 1 rings (SSSR count). The quantitative estimate of drug-likeness (QED) is 0.0798. The Morgan fingerprint density at radius 2 is 1.11 bits per heavy atom. The second kappa shape index (κ2) is 27.9. The molecule has 0 aromatic rings. The van der Waals surface area contributed by atoms with Gasteiger partial charge in [-0.3, -0.25) is 4.79 Å².